The van der Waals surface area contributed by atoms with Crippen LogP contribution >= 0.6 is 11.6 Å². The van der Waals surface area contributed by atoms with E-state index in [4.69, 9.17) is 11.6 Å². The van der Waals surface area contributed by atoms with E-state index in [9.17, 15) is 9.18 Å². The number of likely N-dealkylation sites (tertiary alicyclic amines) is 1. The van der Waals surface area contributed by atoms with Gasteiger partial charge in [0.2, 0.25) is 5.91 Å². The van der Waals surface area contributed by atoms with Gasteiger partial charge in [0.1, 0.15) is 5.82 Å². The maximum Gasteiger partial charge on any atom is 0.233 e. The molecule has 122 valence electrons. The number of aryl methyl sites for hydroxylation is 1. The molecule has 1 fully saturated rings. The fourth-order valence-electron chi connectivity index (χ4n) is 2.72. The highest BCUT2D eigenvalue weighted by atomic mass is 35.5. The molecule has 0 atom stereocenters. The van der Waals surface area contributed by atoms with Crippen LogP contribution in [0.2, 0.25) is 5.02 Å². The lowest BCUT2D eigenvalue weighted by molar-refractivity contribution is -0.122. The number of carbonyl (C=O) groups is 1. The number of hydrogen-bond acceptors (Lipinski definition) is 3. The number of hydrogen-bond donors (Lipinski definition) is 2. The first-order valence-corrected chi connectivity index (χ1v) is 7.98. The van der Waals surface area contributed by atoms with Gasteiger partial charge >= 0.3 is 0 Å². The largest absolute Gasteiger partial charge is 0.358 e. The Morgan fingerprint density at radius 2 is 2.09 bits per heavy atom. The average molecular weight is 328 g/mol. The molecule has 1 amide bonds. The summed E-state index contributed by atoms with van der Waals surface area (Å²) >= 11 is 6.12. The van der Waals surface area contributed by atoms with Crippen molar-refractivity contribution in [2.75, 3.05) is 26.7 Å². The van der Waals surface area contributed by atoms with E-state index in [0.717, 1.165) is 31.5 Å². The molecule has 1 saturated heterocycles. The predicted octanol–water partition coefficient (Wildman–Crippen LogP) is 2.09. The third-order valence-electron chi connectivity index (χ3n) is 4.09. The van der Waals surface area contributed by atoms with Gasteiger partial charge in [0.15, 0.2) is 0 Å². The quantitative estimate of drug-likeness (QED) is 0.870. The fourth-order valence-corrected chi connectivity index (χ4v) is 3.05. The van der Waals surface area contributed by atoms with Crippen LogP contribution in [-0.2, 0) is 11.3 Å². The predicted molar refractivity (Wildman–Crippen MR) is 86.5 cm³/mol. The Bertz CT molecular complexity index is 507. The van der Waals surface area contributed by atoms with Crippen LogP contribution in [0.3, 0.4) is 0 Å². The van der Waals surface area contributed by atoms with Crippen LogP contribution in [0.25, 0.3) is 0 Å². The van der Waals surface area contributed by atoms with Gasteiger partial charge in [-0.25, -0.2) is 4.39 Å². The summed E-state index contributed by atoms with van der Waals surface area (Å²) in [6.07, 6.45) is 1.89. The molecule has 1 aromatic carbocycles. The second-order valence-corrected chi connectivity index (χ2v) is 6.22. The molecule has 0 radical (unpaired) electrons. The topological polar surface area (TPSA) is 44.4 Å². The fraction of sp³-hybridized carbons (Fsp3) is 0.562. The Morgan fingerprint density at radius 3 is 2.68 bits per heavy atom. The number of piperidine rings is 1. The molecule has 0 unspecified atom stereocenters. The summed E-state index contributed by atoms with van der Waals surface area (Å²) in [4.78, 5) is 13.5. The van der Waals surface area contributed by atoms with Gasteiger partial charge in [-0.1, -0.05) is 11.6 Å². The first-order valence-electron chi connectivity index (χ1n) is 7.60. The minimum atomic E-state index is -0.255. The normalized spacial score (nSPS) is 16.7. The van der Waals surface area contributed by atoms with Crippen molar-refractivity contribution in [3.8, 4) is 0 Å². The maximum atomic E-state index is 13.9. The summed E-state index contributed by atoms with van der Waals surface area (Å²) in [5.41, 5.74) is 1.36. The van der Waals surface area contributed by atoms with Crippen molar-refractivity contribution < 1.29 is 9.18 Å². The molecule has 1 heterocycles. The molecule has 1 aliphatic heterocycles. The third kappa shape index (κ3) is 4.66. The minimum absolute atomic E-state index is 0.0416. The molecule has 22 heavy (non-hydrogen) atoms. The number of rotatable bonds is 5. The highest BCUT2D eigenvalue weighted by Gasteiger charge is 2.20. The summed E-state index contributed by atoms with van der Waals surface area (Å²) in [5.74, 6) is -0.213. The highest BCUT2D eigenvalue weighted by Crippen LogP contribution is 2.22. The standard InChI is InChI=1S/C16H23ClFN3O/c1-11-7-14(17)13(15(18)8-11)9-20-12-3-5-21(6-4-12)10-16(22)19-2/h7-8,12,20H,3-6,9-10H2,1-2H3,(H,19,22). The summed E-state index contributed by atoms with van der Waals surface area (Å²) in [6.45, 7) is 4.45. The van der Waals surface area contributed by atoms with Crippen molar-refractivity contribution in [1.29, 1.82) is 0 Å². The number of likely N-dealkylation sites (N-methyl/N-ethyl adjacent to an activating group) is 1. The third-order valence-corrected chi connectivity index (χ3v) is 4.42. The highest BCUT2D eigenvalue weighted by molar-refractivity contribution is 6.31. The molecule has 0 bridgehead atoms. The van der Waals surface area contributed by atoms with Gasteiger partial charge in [-0.2, -0.15) is 0 Å². The zero-order chi connectivity index (χ0) is 16.1. The molecule has 0 saturated carbocycles. The number of carbonyl (C=O) groups excluding carboxylic acids is 1. The summed E-state index contributed by atoms with van der Waals surface area (Å²) in [5, 5.41) is 6.48. The van der Waals surface area contributed by atoms with Gasteiger partial charge in [-0.3, -0.25) is 9.69 Å². The number of benzene rings is 1. The number of amides is 1. The Balaban J connectivity index is 1.81. The summed E-state index contributed by atoms with van der Waals surface area (Å²) < 4.78 is 13.9. The van der Waals surface area contributed by atoms with Gasteiger partial charge in [-0.15, -0.1) is 0 Å². The monoisotopic (exact) mass is 327 g/mol. The molecule has 2 N–H and O–H groups in total. The van der Waals surface area contributed by atoms with Crippen LogP contribution in [0.1, 0.15) is 24.0 Å². The van der Waals surface area contributed by atoms with Gasteiger partial charge in [0, 0.05) is 43.3 Å². The van der Waals surface area contributed by atoms with E-state index in [2.05, 4.69) is 15.5 Å². The second-order valence-electron chi connectivity index (χ2n) is 5.81. The Labute approximate surface area is 136 Å². The van der Waals surface area contributed by atoms with Crippen LogP contribution in [0.15, 0.2) is 12.1 Å². The number of halogens is 2. The lowest BCUT2D eigenvalue weighted by atomic mass is 10.0. The van der Waals surface area contributed by atoms with Crippen molar-refractivity contribution >= 4 is 17.5 Å². The molecule has 1 aliphatic rings. The molecular weight excluding hydrogens is 305 g/mol. The second kappa shape index (κ2) is 7.90. The molecule has 0 aromatic heterocycles. The molecule has 0 spiro atoms. The van der Waals surface area contributed by atoms with Crippen LogP contribution in [0.5, 0.6) is 0 Å². The smallest absolute Gasteiger partial charge is 0.233 e. The Kier molecular flexibility index (Phi) is 6.17. The van der Waals surface area contributed by atoms with Crippen molar-refractivity contribution in [2.24, 2.45) is 0 Å². The van der Waals surface area contributed by atoms with Crippen molar-refractivity contribution in [2.45, 2.75) is 32.4 Å². The first kappa shape index (κ1) is 17.2. The molecule has 6 heteroatoms. The van der Waals surface area contributed by atoms with E-state index in [-0.39, 0.29) is 11.7 Å². The van der Waals surface area contributed by atoms with Crippen molar-refractivity contribution in [3.05, 3.63) is 34.1 Å². The first-order chi connectivity index (χ1) is 10.5. The number of nitrogens with one attached hydrogen (secondary N) is 2. The van der Waals surface area contributed by atoms with Gasteiger partial charge < -0.3 is 10.6 Å². The van der Waals surface area contributed by atoms with Gasteiger partial charge in [0.25, 0.3) is 0 Å². The lowest BCUT2D eigenvalue weighted by Crippen LogP contribution is -2.45. The molecule has 4 nitrogen and oxygen atoms in total. The van der Waals surface area contributed by atoms with E-state index in [0.29, 0.717) is 29.7 Å². The summed E-state index contributed by atoms with van der Waals surface area (Å²) in [6, 6.07) is 3.63. The molecule has 1 aromatic rings. The van der Waals surface area contributed by atoms with Gasteiger partial charge in [-0.05, 0) is 37.5 Å². The van der Waals surface area contributed by atoms with Crippen LogP contribution in [0, 0.1) is 12.7 Å². The van der Waals surface area contributed by atoms with Crippen molar-refractivity contribution in [3.63, 3.8) is 0 Å². The number of nitrogens with zero attached hydrogens (tertiary/aromatic N) is 1. The Morgan fingerprint density at radius 1 is 1.41 bits per heavy atom. The maximum absolute atomic E-state index is 13.9. The van der Waals surface area contributed by atoms with E-state index < -0.39 is 0 Å². The summed E-state index contributed by atoms with van der Waals surface area (Å²) in [7, 11) is 1.65. The van der Waals surface area contributed by atoms with E-state index in [1.165, 1.54) is 6.07 Å². The SMILES string of the molecule is CNC(=O)CN1CCC(NCc2c(F)cc(C)cc2Cl)CC1. The molecule has 0 aliphatic carbocycles. The van der Waals surface area contributed by atoms with Crippen LogP contribution in [-0.4, -0.2) is 43.5 Å². The van der Waals surface area contributed by atoms with Crippen molar-refractivity contribution in [1.82, 2.24) is 15.5 Å². The molecule has 2 rings (SSSR count). The minimum Gasteiger partial charge on any atom is -0.358 e. The zero-order valence-electron chi connectivity index (χ0n) is 13.1. The Hall–Kier alpha value is -1.17. The van der Waals surface area contributed by atoms with E-state index >= 15 is 0 Å². The van der Waals surface area contributed by atoms with E-state index in [1.54, 1.807) is 13.1 Å². The lowest BCUT2D eigenvalue weighted by Gasteiger charge is -2.32. The average Bonchev–Trinajstić information content (AvgIpc) is 2.47. The van der Waals surface area contributed by atoms with Crippen LogP contribution < -0.4 is 10.6 Å². The zero-order valence-corrected chi connectivity index (χ0v) is 13.8. The molecular formula is C16H23ClFN3O. The van der Waals surface area contributed by atoms with E-state index in [1.807, 2.05) is 6.92 Å². The van der Waals surface area contributed by atoms with Crippen LogP contribution in [0.4, 0.5) is 4.39 Å². The van der Waals surface area contributed by atoms with Gasteiger partial charge in [0.05, 0.1) is 6.54 Å².